The Morgan fingerprint density at radius 3 is 2.00 bits per heavy atom. The first kappa shape index (κ1) is 12.3. The summed E-state index contributed by atoms with van der Waals surface area (Å²) in [6.45, 7) is 0.982. The minimum Gasteiger partial charge on any atom is -0.447 e. The molecular formula is C4H8O7S2. The maximum Gasteiger partial charge on any atom is 0.317 e. The second-order valence-electron chi connectivity index (χ2n) is 2.08. The summed E-state index contributed by atoms with van der Waals surface area (Å²) >= 11 is 0. The Morgan fingerprint density at radius 2 is 1.69 bits per heavy atom. The van der Waals surface area contributed by atoms with Crippen LogP contribution in [0, 0.1) is 0 Å². The predicted octanol–water partition coefficient (Wildman–Crippen LogP) is -1.19. The van der Waals surface area contributed by atoms with Crippen molar-refractivity contribution in [1.29, 1.82) is 0 Å². The van der Waals surface area contributed by atoms with Gasteiger partial charge in [0.15, 0.2) is 0 Å². The fourth-order valence-corrected chi connectivity index (χ4v) is 2.34. The maximum atomic E-state index is 10.7. The van der Waals surface area contributed by atoms with Gasteiger partial charge in [-0.05, 0) is 0 Å². The quantitative estimate of drug-likeness (QED) is 0.561. The van der Waals surface area contributed by atoms with Crippen LogP contribution in [-0.4, -0.2) is 35.0 Å². The Hall–Kier alpha value is -0.670. The first-order valence-corrected chi connectivity index (χ1v) is 6.29. The minimum atomic E-state index is -4.37. The second kappa shape index (κ2) is 4.03. The number of hydrogen-bond acceptors (Lipinski definition) is 7. The van der Waals surface area contributed by atoms with Crippen molar-refractivity contribution >= 4 is 26.2 Å². The summed E-state index contributed by atoms with van der Waals surface area (Å²) in [7, 11) is -8.47. The lowest BCUT2D eigenvalue weighted by atomic mass is 10.8. The van der Waals surface area contributed by atoms with Crippen molar-refractivity contribution in [3.63, 3.8) is 0 Å². The molecule has 0 aliphatic carbocycles. The highest BCUT2D eigenvalue weighted by Gasteiger charge is 2.19. The van der Waals surface area contributed by atoms with Crippen molar-refractivity contribution in [2.75, 3.05) is 12.2 Å². The van der Waals surface area contributed by atoms with Gasteiger partial charge in [0, 0.05) is 6.92 Å². The highest BCUT2D eigenvalue weighted by atomic mass is 32.3. The first-order chi connectivity index (χ1) is 5.62. The van der Waals surface area contributed by atoms with Crippen LogP contribution in [0.1, 0.15) is 6.92 Å². The van der Waals surface area contributed by atoms with E-state index < -0.39 is 32.1 Å². The molecule has 0 aromatic heterocycles. The molecule has 0 saturated heterocycles. The van der Waals surface area contributed by atoms with Gasteiger partial charge in [0.25, 0.3) is 10.1 Å². The number of hydrogen-bond donors (Lipinski definition) is 0. The molecule has 0 spiro atoms. The lowest BCUT2D eigenvalue weighted by Crippen LogP contribution is -2.18. The van der Waals surface area contributed by atoms with Crippen molar-refractivity contribution in [2.45, 2.75) is 6.92 Å². The third-order valence-corrected chi connectivity index (χ3v) is 2.86. The SMILES string of the molecule is CC(=O)OCS(=O)(=O)OS(C)(=O)=O. The number of carbonyl (C=O) groups excluding carboxylic acids is 1. The van der Waals surface area contributed by atoms with Crippen molar-refractivity contribution in [3.8, 4) is 0 Å². The molecule has 0 rings (SSSR count). The van der Waals surface area contributed by atoms with Gasteiger partial charge in [-0.15, -0.1) is 3.63 Å². The van der Waals surface area contributed by atoms with E-state index in [2.05, 4.69) is 8.37 Å². The summed E-state index contributed by atoms with van der Waals surface area (Å²) in [6.07, 6.45) is 0.568. The summed E-state index contributed by atoms with van der Waals surface area (Å²) in [4.78, 5) is 10.2. The average molecular weight is 232 g/mol. The molecule has 0 atom stereocenters. The molecule has 78 valence electrons. The molecule has 9 heteroatoms. The molecule has 0 aromatic carbocycles. The Bertz CT molecular complexity index is 375. The zero-order chi connectivity index (χ0) is 10.7. The predicted molar refractivity (Wildman–Crippen MR) is 41.5 cm³/mol. The first-order valence-electron chi connectivity index (χ1n) is 2.89. The fraction of sp³-hybridized carbons (Fsp3) is 0.750. The molecule has 0 fully saturated rings. The minimum absolute atomic E-state index is 0.568. The molecule has 0 saturated carbocycles. The van der Waals surface area contributed by atoms with Crippen LogP contribution in [0.2, 0.25) is 0 Å². The van der Waals surface area contributed by atoms with E-state index in [1.54, 1.807) is 0 Å². The smallest absolute Gasteiger partial charge is 0.317 e. The van der Waals surface area contributed by atoms with Gasteiger partial charge in [0.05, 0.1) is 6.26 Å². The zero-order valence-electron chi connectivity index (χ0n) is 6.88. The average Bonchev–Trinajstić information content (AvgIpc) is 1.78. The van der Waals surface area contributed by atoms with Crippen LogP contribution in [0.4, 0.5) is 0 Å². The van der Waals surface area contributed by atoms with Crippen molar-refractivity contribution < 1.29 is 30.0 Å². The Labute approximate surface area is 75.9 Å². The maximum absolute atomic E-state index is 10.7. The highest BCUT2D eigenvalue weighted by molar-refractivity contribution is 7.99. The van der Waals surface area contributed by atoms with E-state index in [0.717, 1.165) is 6.92 Å². The topological polar surface area (TPSA) is 104 Å². The molecule has 0 unspecified atom stereocenters. The summed E-state index contributed by atoms with van der Waals surface area (Å²) < 4.78 is 49.7. The van der Waals surface area contributed by atoms with Crippen LogP contribution in [0.5, 0.6) is 0 Å². The van der Waals surface area contributed by atoms with Gasteiger partial charge in [-0.25, -0.2) is 0 Å². The van der Waals surface area contributed by atoms with E-state index in [1.807, 2.05) is 0 Å². The summed E-state index contributed by atoms with van der Waals surface area (Å²) in [6, 6.07) is 0. The molecule has 13 heavy (non-hydrogen) atoms. The number of carbonyl (C=O) groups is 1. The third kappa shape index (κ3) is 7.68. The molecule has 0 radical (unpaired) electrons. The Kier molecular flexibility index (Phi) is 3.82. The second-order valence-corrected chi connectivity index (χ2v) is 5.39. The van der Waals surface area contributed by atoms with E-state index in [9.17, 15) is 21.6 Å². The Balaban J connectivity index is 4.36. The standard InChI is InChI=1S/C4H8O7S2/c1-4(5)10-3-13(8,9)11-12(2,6)7/h3H2,1-2H3. The molecule has 0 amide bonds. The molecule has 0 heterocycles. The van der Waals surface area contributed by atoms with Crippen LogP contribution in [0.15, 0.2) is 0 Å². The molecule has 0 aliphatic heterocycles. The van der Waals surface area contributed by atoms with Crippen LogP contribution in [0.3, 0.4) is 0 Å². The summed E-state index contributed by atoms with van der Waals surface area (Å²) in [5.41, 5.74) is 0. The van der Waals surface area contributed by atoms with Crippen molar-refractivity contribution in [2.24, 2.45) is 0 Å². The van der Waals surface area contributed by atoms with Crippen LogP contribution < -0.4 is 0 Å². The van der Waals surface area contributed by atoms with Gasteiger partial charge in [0.1, 0.15) is 0 Å². The van der Waals surface area contributed by atoms with E-state index in [4.69, 9.17) is 0 Å². The largest absolute Gasteiger partial charge is 0.447 e. The van der Waals surface area contributed by atoms with Gasteiger partial charge in [-0.3, -0.25) is 4.79 Å². The summed E-state index contributed by atoms with van der Waals surface area (Å²) in [5.74, 6) is -1.96. The van der Waals surface area contributed by atoms with E-state index in [0.29, 0.717) is 6.26 Å². The van der Waals surface area contributed by atoms with Crippen LogP contribution >= 0.6 is 0 Å². The van der Waals surface area contributed by atoms with Gasteiger partial charge >= 0.3 is 16.1 Å². The molecule has 7 nitrogen and oxygen atoms in total. The lowest BCUT2D eigenvalue weighted by Gasteiger charge is -2.02. The van der Waals surface area contributed by atoms with Crippen LogP contribution in [-0.2, 0) is 33.4 Å². The number of rotatable bonds is 4. The van der Waals surface area contributed by atoms with Crippen molar-refractivity contribution in [1.82, 2.24) is 0 Å². The number of esters is 1. The monoisotopic (exact) mass is 232 g/mol. The van der Waals surface area contributed by atoms with E-state index in [-0.39, 0.29) is 0 Å². The summed E-state index contributed by atoms with van der Waals surface area (Å²) in [5, 5.41) is 0. The molecule has 0 N–H and O–H groups in total. The molecule has 0 aromatic rings. The van der Waals surface area contributed by atoms with Gasteiger partial charge in [-0.2, -0.15) is 16.8 Å². The van der Waals surface area contributed by atoms with Gasteiger partial charge in [-0.1, -0.05) is 0 Å². The van der Waals surface area contributed by atoms with Gasteiger partial charge < -0.3 is 4.74 Å². The number of ether oxygens (including phenoxy) is 1. The van der Waals surface area contributed by atoms with Crippen LogP contribution in [0.25, 0.3) is 0 Å². The molecule has 0 aliphatic rings. The fourth-order valence-electron chi connectivity index (χ4n) is 0.363. The normalized spacial score (nSPS) is 12.5. The Morgan fingerprint density at radius 1 is 1.23 bits per heavy atom. The molecule has 0 bridgehead atoms. The van der Waals surface area contributed by atoms with E-state index in [1.165, 1.54) is 0 Å². The highest BCUT2D eigenvalue weighted by Crippen LogP contribution is 1.99. The third-order valence-electron chi connectivity index (χ3n) is 0.634. The lowest BCUT2D eigenvalue weighted by molar-refractivity contribution is -0.139. The zero-order valence-corrected chi connectivity index (χ0v) is 8.51. The van der Waals surface area contributed by atoms with E-state index >= 15 is 0 Å². The van der Waals surface area contributed by atoms with Crippen molar-refractivity contribution in [3.05, 3.63) is 0 Å². The molecular weight excluding hydrogens is 224 g/mol. The van der Waals surface area contributed by atoms with Gasteiger partial charge in [0.2, 0.25) is 5.94 Å².